The molecule has 114 valence electrons. The summed E-state index contributed by atoms with van der Waals surface area (Å²) < 4.78 is 18.0. The number of carbonyl (C=O) groups excluding carboxylic acids is 2. The van der Waals surface area contributed by atoms with E-state index in [1.54, 1.807) is 0 Å². The maximum atomic E-state index is 13.0. The average molecular weight is 315 g/mol. The van der Waals surface area contributed by atoms with Gasteiger partial charge in [-0.1, -0.05) is 18.5 Å². The number of ether oxygens (including phenoxy) is 1. The third-order valence-electron chi connectivity index (χ3n) is 3.32. The molecule has 1 aromatic carbocycles. The molecule has 1 aliphatic heterocycles. The van der Waals surface area contributed by atoms with Crippen LogP contribution < -0.4 is 5.32 Å². The number of esters is 1. The van der Waals surface area contributed by atoms with Crippen molar-refractivity contribution in [2.24, 2.45) is 0 Å². The van der Waals surface area contributed by atoms with Crippen LogP contribution >= 0.6 is 11.6 Å². The van der Waals surface area contributed by atoms with E-state index in [9.17, 15) is 14.0 Å². The number of benzene rings is 1. The lowest BCUT2D eigenvalue weighted by molar-refractivity contribution is -0.158. The Kier molecular flexibility index (Phi) is 5.14. The monoisotopic (exact) mass is 314 g/mol. The summed E-state index contributed by atoms with van der Waals surface area (Å²) in [6.45, 7) is 3.54. The number of nitrogens with one attached hydrogen (secondary N) is 1. The van der Waals surface area contributed by atoms with Gasteiger partial charge < -0.3 is 10.1 Å². The minimum atomic E-state index is -0.584. The highest BCUT2D eigenvalue weighted by molar-refractivity contribution is 6.31. The Morgan fingerprint density at radius 2 is 2.33 bits per heavy atom. The van der Waals surface area contributed by atoms with E-state index in [4.69, 9.17) is 16.3 Å². The highest BCUT2D eigenvalue weighted by atomic mass is 35.5. The van der Waals surface area contributed by atoms with Gasteiger partial charge >= 0.3 is 5.97 Å². The summed E-state index contributed by atoms with van der Waals surface area (Å²) in [5, 5.41) is 2.53. The second kappa shape index (κ2) is 6.87. The number of halogens is 2. The number of carbonyl (C=O) groups is 2. The average Bonchev–Trinajstić information content (AvgIpc) is 2.45. The summed E-state index contributed by atoms with van der Waals surface area (Å²) in [4.78, 5) is 25.6. The highest BCUT2D eigenvalue weighted by Gasteiger charge is 2.32. The maximum absolute atomic E-state index is 13.0. The van der Waals surface area contributed by atoms with Crippen molar-refractivity contribution in [3.8, 4) is 0 Å². The second-order valence-corrected chi connectivity index (χ2v) is 5.10. The number of anilines is 1. The van der Waals surface area contributed by atoms with Crippen molar-refractivity contribution in [2.45, 2.75) is 19.4 Å². The number of morpholine rings is 1. The van der Waals surface area contributed by atoms with Crippen LogP contribution in [-0.4, -0.2) is 42.5 Å². The van der Waals surface area contributed by atoms with Crippen LogP contribution in [0.4, 0.5) is 10.1 Å². The summed E-state index contributed by atoms with van der Waals surface area (Å²) in [5.74, 6) is -1.29. The molecule has 7 heteroatoms. The molecule has 0 unspecified atom stereocenters. The van der Waals surface area contributed by atoms with Gasteiger partial charge in [-0.25, -0.2) is 4.39 Å². The summed E-state index contributed by atoms with van der Waals surface area (Å²) in [6, 6.07) is 3.33. The lowest BCUT2D eigenvalue weighted by Crippen LogP contribution is -2.50. The number of likely N-dealkylation sites (N-methyl/N-ethyl adjacent to an activating group) is 1. The molecule has 0 spiro atoms. The van der Waals surface area contributed by atoms with Gasteiger partial charge in [0.15, 0.2) is 0 Å². The summed E-state index contributed by atoms with van der Waals surface area (Å²) in [6.07, 6.45) is -0.0122. The number of hydrogen-bond acceptors (Lipinski definition) is 4. The molecule has 0 aromatic heterocycles. The van der Waals surface area contributed by atoms with Crippen LogP contribution in [0, 0.1) is 5.82 Å². The summed E-state index contributed by atoms with van der Waals surface area (Å²) >= 11 is 5.65. The van der Waals surface area contributed by atoms with Crippen LogP contribution in [-0.2, 0) is 14.3 Å². The van der Waals surface area contributed by atoms with Gasteiger partial charge in [-0.2, -0.15) is 0 Å². The highest BCUT2D eigenvalue weighted by Crippen LogP contribution is 2.20. The van der Waals surface area contributed by atoms with Gasteiger partial charge in [-0.05, 0) is 24.7 Å². The number of amides is 1. The molecule has 0 radical (unpaired) electrons. The van der Waals surface area contributed by atoms with E-state index < -0.39 is 17.8 Å². The van der Waals surface area contributed by atoms with Crippen LogP contribution in [0.15, 0.2) is 18.2 Å². The zero-order chi connectivity index (χ0) is 15.4. The quantitative estimate of drug-likeness (QED) is 0.864. The van der Waals surface area contributed by atoms with Gasteiger partial charge in [0, 0.05) is 12.2 Å². The van der Waals surface area contributed by atoms with Crippen molar-refractivity contribution >= 4 is 29.2 Å². The predicted octanol–water partition coefficient (Wildman–Crippen LogP) is 2.05. The van der Waals surface area contributed by atoms with E-state index in [0.29, 0.717) is 25.4 Å². The first-order valence-electron chi connectivity index (χ1n) is 6.67. The zero-order valence-electron chi connectivity index (χ0n) is 11.6. The summed E-state index contributed by atoms with van der Waals surface area (Å²) in [5.41, 5.74) is 0.388. The van der Waals surface area contributed by atoms with Crippen LogP contribution in [0.3, 0.4) is 0 Å². The zero-order valence-corrected chi connectivity index (χ0v) is 12.3. The fourth-order valence-corrected chi connectivity index (χ4v) is 2.40. The van der Waals surface area contributed by atoms with Gasteiger partial charge in [0.1, 0.15) is 18.5 Å². The van der Waals surface area contributed by atoms with Crippen LogP contribution in [0.5, 0.6) is 0 Å². The Hall–Kier alpha value is -1.66. The molecule has 5 nitrogen and oxygen atoms in total. The van der Waals surface area contributed by atoms with Crippen molar-refractivity contribution in [3.63, 3.8) is 0 Å². The van der Waals surface area contributed by atoms with E-state index in [1.807, 2.05) is 11.8 Å². The molecule has 1 aromatic rings. The van der Waals surface area contributed by atoms with Crippen molar-refractivity contribution < 1.29 is 18.7 Å². The Morgan fingerprint density at radius 1 is 1.57 bits per heavy atom. The number of hydrogen-bond donors (Lipinski definition) is 1. The molecular formula is C14H16ClFN2O3. The molecule has 21 heavy (non-hydrogen) atoms. The first-order valence-corrected chi connectivity index (χ1v) is 7.04. The fourth-order valence-electron chi connectivity index (χ4n) is 2.22. The first-order chi connectivity index (χ1) is 10.0. The molecule has 1 fully saturated rings. The van der Waals surface area contributed by atoms with E-state index in [2.05, 4.69) is 5.32 Å². The summed E-state index contributed by atoms with van der Waals surface area (Å²) in [7, 11) is 0. The third-order valence-corrected chi connectivity index (χ3v) is 3.61. The molecule has 1 amide bonds. The fraction of sp³-hybridized carbons (Fsp3) is 0.429. The Labute approximate surface area is 127 Å². The minimum Gasteiger partial charge on any atom is -0.463 e. The lowest BCUT2D eigenvalue weighted by Gasteiger charge is -2.32. The van der Waals surface area contributed by atoms with Gasteiger partial charge in [-0.3, -0.25) is 14.5 Å². The molecule has 0 saturated carbocycles. The molecule has 1 heterocycles. The normalized spacial score (nSPS) is 19.2. The van der Waals surface area contributed by atoms with Gasteiger partial charge in [0.05, 0.1) is 11.4 Å². The minimum absolute atomic E-state index is 0.0122. The molecule has 1 aliphatic rings. The maximum Gasteiger partial charge on any atom is 0.323 e. The Balaban J connectivity index is 1.99. The van der Waals surface area contributed by atoms with Crippen molar-refractivity contribution in [1.82, 2.24) is 4.90 Å². The Bertz CT molecular complexity index is 553. The first kappa shape index (κ1) is 15.7. The largest absolute Gasteiger partial charge is 0.463 e. The number of nitrogens with zero attached hydrogens (tertiary/aromatic N) is 1. The van der Waals surface area contributed by atoms with E-state index >= 15 is 0 Å². The van der Waals surface area contributed by atoms with Gasteiger partial charge in [-0.15, -0.1) is 0 Å². The van der Waals surface area contributed by atoms with Crippen LogP contribution in [0.1, 0.15) is 13.3 Å². The topological polar surface area (TPSA) is 58.6 Å². The molecule has 2 rings (SSSR count). The predicted molar refractivity (Wildman–Crippen MR) is 76.7 cm³/mol. The van der Waals surface area contributed by atoms with E-state index in [-0.39, 0.29) is 17.4 Å². The molecule has 0 bridgehead atoms. The smallest absolute Gasteiger partial charge is 0.323 e. The van der Waals surface area contributed by atoms with Crippen molar-refractivity contribution in [2.75, 3.05) is 25.0 Å². The van der Waals surface area contributed by atoms with Crippen molar-refractivity contribution in [3.05, 3.63) is 29.0 Å². The van der Waals surface area contributed by atoms with Crippen LogP contribution in [0.2, 0.25) is 5.02 Å². The van der Waals surface area contributed by atoms with Gasteiger partial charge in [0.2, 0.25) is 5.91 Å². The molecule has 1 atom stereocenters. The Morgan fingerprint density at radius 3 is 3.00 bits per heavy atom. The van der Waals surface area contributed by atoms with E-state index in [1.165, 1.54) is 18.2 Å². The molecular weight excluding hydrogens is 299 g/mol. The van der Waals surface area contributed by atoms with Crippen molar-refractivity contribution in [1.29, 1.82) is 0 Å². The number of rotatable bonds is 4. The lowest BCUT2D eigenvalue weighted by atomic mass is 10.1. The van der Waals surface area contributed by atoms with Crippen LogP contribution in [0.25, 0.3) is 0 Å². The van der Waals surface area contributed by atoms with E-state index in [0.717, 1.165) is 0 Å². The standard InChI is InChI=1S/C14H16ClFN2O3/c1-2-18-5-6-21-14(20)12(18)8-13(19)17-9-3-4-11(16)10(15)7-9/h3-4,7,12H,2,5-6,8H2,1H3,(H,17,19)/t12-/m1/s1. The third kappa shape index (κ3) is 3.92. The SMILES string of the molecule is CCN1CCOC(=O)[C@H]1CC(=O)Nc1ccc(F)c(Cl)c1. The molecule has 1 N–H and O–H groups in total. The molecule has 1 saturated heterocycles. The molecule has 0 aliphatic carbocycles. The van der Waals surface area contributed by atoms with Gasteiger partial charge in [0.25, 0.3) is 0 Å². The number of cyclic esters (lactones) is 1. The second-order valence-electron chi connectivity index (χ2n) is 4.69.